The van der Waals surface area contributed by atoms with Gasteiger partial charge >= 0.3 is 15.6 Å². The summed E-state index contributed by atoms with van der Waals surface area (Å²) in [6.07, 6.45) is 4.76. The van der Waals surface area contributed by atoms with Gasteiger partial charge in [-0.05, 0) is 84.9 Å². The second-order valence-electron chi connectivity index (χ2n) is 11.1. The molecule has 0 amide bonds. The van der Waals surface area contributed by atoms with Crippen molar-refractivity contribution in [2.75, 3.05) is 10.6 Å². The van der Waals surface area contributed by atoms with E-state index in [9.17, 15) is 38.4 Å². The van der Waals surface area contributed by atoms with Crippen molar-refractivity contribution in [2.45, 2.75) is 15.3 Å². The van der Waals surface area contributed by atoms with Gasteiger partial charge in [0, 0.05) is 51.7 Å². The molecule has 0 aliphatic heterocycles. The molecular weight excluding hydrogens is 808 g/mol. The Kier molecular flexibility index (Phi) is 10.7. The Bertz CT molecular complexity index is 2850. The lowest BCUT2D eigenvalue weighted by atomic mass is 10.1. The monoisotopic (exact) mass is 831 g/mol. The summed E-state index contributed by atoms with van der Waals surface area (Å²) in [4.78, 5) is 21.2. The third-order valence-electron chi connectivity index (χ3n) is 7.18. The number of aromatic nitrogens is 5. The molecule has 7 aromatic rings. The van der Waals surface area contributed by atoms with E-state index in [1.54, 1.807) is 35.9 Å². The number of fused-ring (bicyclic) bond motifs is 2. The molecule has 55 heavy (non-hydrogen) atoms. The number of nitrogens with zero attached hydrogens (tertiary/aromatic N) is 5. The lowest BCUT2D eigenvalue weighted by Gasteiger charge is -2.10. The Balaban J connectivity index is 0.000000188. The van der Waals surface area contributed by atoms with Gasteiger partial charge in [0.25, 0.3) is 0 Å². The van der Waals surface area contributed by atoms with Crippen LogP contribution in [0.1, 0.15) is 0 Å². The van der Waals surface area contributed by atoms with Gasteiger partial charge in [-0.3, -0.25) is 0 Å². The van der Waals surface area contributed by atoms with E-state index < -0.39 is 41.4 Å². The SMILES string of the molecule is NS(=O)(=O)c1ccc(Nc2ncc3cc(-c4nccs4)ccc3n2)cc1.NS(=O)(=O)c1ccc(Nc2ncc3cc(OS(=O)(=O)C(F)(F)F)ccc3n2)cc1. The highest BCUT2D eigenvalue weighted by atomic mass is 32.2. The Labute approximate surface area is 314 Å². The highest BCUT2D eigenvalue weighted by Gasteiger charge is 2.48. The lowest BCUT2D eigenvalue weighted by molar-refractivity contribution is -0.0500. The maximum absolute atomic E-state index is 12.4. The molecule has 23 heteroatoms. The van der Waals surface area contributed by atoms with E-state index in [0.717, 1.165) is 33.6 Å². The van der Waals surface area contributed by atoms with E-state index in [1.165, 1.54) is 48.7 Å². The highest BCUT2D eigenvalue weighted by molar-refractivity contribution is 7.89. The van der Waals surface area contributed by atoms with Crippen molar-refractivity contribution in [1.82, 2.24) is 24.9 Å². The van der Waals surface area contributed by atoms with Crippen LogP contribution in [0.2, 0.25) is 0 Å². The molecule has 3 aromatic heterocycles. The molecule has 16 nitrogen and oxygen atoms in total. The molecule has 0 aliphatic rings. The zero-order valence-electron chi connectivity index (χ0n) is 27.4. The minimum atomic E-state index is -5.79. The first-order valence-corrected chi connectivity index (χ1v) is 20.5. The molecule has 6 N–H and O–H groups in total. The van der Waals surface area contributed by atoms with Crippen LogP contribution in [0.5, 0.6) is 5.75 Å². The Morgan fingerprint density at radius 2 is 1.13 bits per heavy atom. The van der Waals surface area contributed by atoms with Crippen LogP contribution in [0.3, 0.4) is 0 Å². The molecule has 0 radical (unpaired) electrons. The molecule has 0 fully saturated rings. The van der Waals surface area contributed by atoms with Gasteiger partial charge in [-0.15, -0.1) is 11.3 Å². The first kappa shape index (κ1) is 38.9. The second-order valence-corrected chi connectivity index (χ2v) is 16.6. The summed E-state index contributed by atoms with van der Waals surface area (Å²) in [5.74, 6) is -0.0157. The van der Waals surface area contributed by atoms with Crippen LogP contribution in [0.25, 0.3) is 32.4 Å². The van der Waals surface area contributed by atoms with Crippen LogP contribution in [-0.2, 0) is 30.2 Å². The van der Waals surface area contributed by atoms with Crippen molar-refractivity contribution in [3.63, 3.8) is 0 Å². The standard InChI is InChI=1S/C17H13N5O2S2.C15H11F3N4O5S2/c18-26(23,24)14-4-2-13(3-5-14)21-17-20-10-12-9-11(1-6-15(12)22-17)16-19-7-8-25-16;16-15(17,18)29(25,26)27-11-3-6-13-9(7-11)8-20-14(22-13)21-10-1-4-12(5-2-10)28(19,23)24/h1-10H,(H2,18,23,24)(H,20,21,22);1-8H,(H2,19,23,24)(H,20,21,22). The van der Waals surface area contributed by atoms with Gasteiger partial charge in [-0.25, -0.2) is 52.0 Å². The second kappa shape index (κ2) is 15.1. The molecule has 0 aliphatic carbocycles. The number of rotatable bonds is 9. The number of primary sulfonamides is 2. The number of benzene rings is 4. The van der Waals surface area contributed by atoms with Crippen LogP contribution >= 0.6 is 11.3 Å². The summed E-state index contributed by atoms with van der Waals surface area (Å²) in [6.45, 7) is 0. The summed E-state index contributed by atoms with van der Waals surface area (Å²) >= 11 is 1.58. The predicted octanol–water partition coefficient (Wildman–Crippen LogP) is 5.39. The molecule has 0 spiro atoms. The number of anilines is 4. The number of thiazole rings is 1. The quantitative estimate of drug-likeness (QED) is 0.105. The summed E-state index contributed by atoms with van der Waals surface area (Å²) in [6, 6.07) is 20.7. The van der Waals surface area contributed by atoms with Crippen LogP contribution in [0, 0.1) is 0 Å². The van der Waals surface area contributed by atoms with Crippen LogP contribution in [0.4, 0.5) is 36.4 Å². The molecule has 0 atom stereocenters. The first-order valence-electron chi connectivity index (χ1n) is 15.1. The summed E-state index contributed by atoms with van der Waals surface area (Å²) < 4.78 is 108. The number of alkyl halides is 3. The van der Waals surface area contributed by atoms with Crippen molar-refractivity contribution in [3.05, 3.63) is 109 Å². The number of halogens is 3. The minimum Gasteiger partial charge on any atom is -0.376 e. The molecule has 4 aromatic carbocycles. The number of nitrogens with one attached hydrogen (secondary N) is 2. The zero-order chi connectivity index (χ0) is 39.6. The number of hydrogen-bond donors (Lipinski definition) is 4. The third-order valence-corrected chi connectivity index (χ3v) is 10.8. The van der Waals surface area contributed by atoms with Gasteiger partial charge in [0.1, 0.15) is 10.8 Å². The molecule has 0 unspecified atom stereocenters. The largest absolute Gasteiger partial charge is 0.534 e. The maximum Gasteiger partial charge on any atom is 0.534 e. The first-order chi connectivity index (χ1) is 25.8. The molecule has 7 rings (SSSR count). The Morgan fingerprint density at radius 1 is 0.636 bits per heavy atom. The van der Waals surface area contributed by atoms with E-state index in [0.29, 0.717) is 22.8 Å². The van der Waals surface area contributed by atoms with Crippen LogP contribution in [0.15, 0.2) is 119 Å². The zero-order valence-corrected chi connectivity index (χ0v) is 30.7. The molecule has 3 heterocycles. The highest BCUT2D eigenvalue weighted by Crippen LogP contribution is 2.29. The minimum absolute atomic E-state index is 0.0530. The van der Waals surface area contributed by atoms with Crippen LogP contribution < -0.4 is 25.1 Å². The lowest BCUT2D eigenvalue weighted by Crippen LogP contribution is -2.28. The molecule has 0 bridgehead atoms. The van der Waals surface area contributed by atoms with Crippen molar-refractivity contribution in [3.8, 4) is 16.3 Å². The summed E-state index contributed by atoms with van der Waals surface area (Å²) in [5, 5.41) is 20.0. The van der Waals surface area contributed by atoms with Crippen molar-refractivity contribution >= 4 is 86.6 Å². The number of hydrogen-bond acceptors (Lipinski definition) is 15. The van der Waals surface area contributed by atoms with E-state index >= 15 is 0 Å². The predicted molar refractivity (Wildman–Crippen MR) is 198 cm³/mol. The van der Waals surface area contributed by atoms with Gasteiger partial charge in [0.2, 0.25) is 31.9 Å². The average molecular weight is 832 g/mol. The normalized spacial score (nSPS) is 12.2. The van der Waals surface area contributed by atoms with E-state index in [2.05, 4.69) is 39.7 Å². The Morgan fingerprint density at radius 3 is 1.58 bits per heavy atom. The van der Waals surface area contributed by atoms with Crippen molar-refractivity contribution < 1.29 is 42.6 Å². The topological polar surface area (TPSA) is 252 Å². The average Bonchev–Trinajstić information content (AvgIpc) is 3.66. The molecule has 0 saturated heterocycles. The fourth-order valence-electron chi connectivity index (χ4n) is 4.60. The number of nitrogens with two attached hydrogens (primary N) is 2. The van der Waals surface area contributed by atoms with Crippen molar-refractivity contribution in [2.24, 2.45) is 10.3 Å². The van der Waals surface area contributed by atoms with E-state index in [-0.39, 0.29) is 21.1 Å². The number of sulfonamides is 2. The van der Waals surface area contributed by atoms with Gasteiger partial charge in [0.15, 0.2) is 0 Å². The van der Waals surface area contributed by atoms with Crippen LogP contribution in [-0.4, -0.2) is 55.7 Å². The van der Waals surface area contributed by atoms with Crippen molar-refractivity contribution in [1.29, 1.82) is 0 Å². The fourth-order valence-corrected chi connectivity index (χ4v) is 6.72. The maximum atomic E-state index is 12.4. The van der Waals surface area contributed by atoms with E-state index in [1.807, 2.05) is 23.6 Å². The van der Waals surface area contributed by atoms with Gasteiger partial charge < -0.3 is 14.8 Å². The third kappa shape index (κ3) is 9.64. The molecule has 284 valence electrons. The van der Waals surface area contributed by atoms with Gasteiger partial charge in [0.05, 0.1) is 20.8 Å². The molecule has 0 saturated carbocycles. The van der Waals surface area contributed by atoms with Gasteiger partial charge in [-0.2, -0.15) is 21.6 Å². The Hall–Kier alpha value is -5.85. The smallest absolute Gasteiger partial charge is 0.376 e. The molecular formula is C32H24F3N9O7S4. The van der Waals surface area contributed by atoms with E-state index in [4.69, 9.17) is 10.3 Å². The summed E-state index contributed by atoms with van der Waals surface area (Å²) in [7, 11) is -13.3. The van der Waals surface area contributed by atoms with Gasteiger partial charge in [-0.1, -0.05) is 0 Å². The summed E-state index contributed by atoms with van der Waals surface area (Å²) in [5.41, 5.74) is -2.32. The fraction of sp³-hybridized carbons (Fsp3) is 0.0312.